The van der Waals surface area contributed by atoms with Crippen molar-refractivity contribution in [3.05, 3.63) is 47.3 Å². The Morgan fingerprint density at radius 1 is 1.24 bits per heavy atom. The van der Waals surface area contributed by atoms with Crippen molar-refractivity contribution in [1.29, 1.82) is 0 Å². The van der Waals surface area contributed by atoms with E-state index in [9.17, 15) is 4.79 Å². The Balaban J connectivity index is 2.06. The zero-order valence-corrected chi connectivity index (χ0v) is 18.6. The molecule has 2 heterocycles. The number of fused-ring (bicyclic) bond motifs is 1. The highest BCUT2D eigenvalue weighted by Gasteiger charge is 2.23. The third-order valence-corrected chi connectivity index (χ3v) is 6.21. The summed E-state index contributed by atoms with van der Waals surface area (Å²) in [7, 11) is 1.67. The highest BCUT2D eigenvalue weighted by Crippen LogP contribution is 2.37. The van der Waals surface area contributed by atoms with E-state index in [1.165, 1.54) is 27.0 Å². The van der Waals surface area contributed by atoms with Gasteiger partial charge in [0.15, 0.2) is 0 Å². The fourth-order valence-electron chi connectivity index (χ4n) is 3.61. The van der Waals surface area contributed by atoms with Gasteiger partial charge < -0.3 is 19.5 Å². The molecule has 1 N–H and O–H groups in total. The Kier molecular flexibility index (Phi) is 7.34. The molecular weight excluding hydrogens is 382 g/mol. The average molecular weight is 414 g/mol. The SMILES string of the molecule is CC[C@@H](C)NC(=O)N(CCOC)Cc1c(-c2cccs2)n(CC)c2ccccc12. The van der Waals surface area contributed by atoms with Crippen LogP contribution < -0.4 is 5.32 Å². The minimum atomic E-state index is -0.0399. The van der Waals surface area contributed by atoms with Crippen LogP contribution in [0.4, 0.5) is 4.79 Å². The molecule has 0 saturated heterocycles. The molecule has 0 aliphatic rings. The number of carbonyl (C=O) groups excluding carboxylic acids is 1. The van der Waals surface area contributed by atoms with Gasteiger partial charge in [-0.1, -0.05) is 31.2 Å². The Morgan fingerprint density at radius 2 is 2.03 bits per heavy atom. The van der Waals surface area contributed by atoms with Gasteiger partial charge in [-0.2, -0.15) is 0 Å². The lowest BCUT2D eigenvalue weighted by atomic mass is 10.1. The second kappa shape index (κ2) is 9.94. The summed E-state index contributed by atoms with van der Waals surface area (Å²) in [6.07, 6.45) is 0.902. The van der Waals surface area contributed by atoms with Gasteiger partial charge in [-0.05, 0) is 37.8 Å². The lowest BCUT2D eigenvalue weighted by molar-refractivity contribution is 0.145. The number of aryl methyl sites for hydroxylation is 1. The van der Waals surface area contributed by atoms with Crippen LogP contribution in [0.5, 0.6) is 0 Å². The molecule has 0 bridgehead atoms. The molecule has 0 aliphatic carbocycles. The van der Waals surface area contributed by atoms with Crippen LogP contribution in [0.25, 0.3) is 21.5 Å². The van der Waals surface area contributed by atoms with E-state index in [1.54, 1.807) is 18.4 Å². The number of hydrogen-bond donors (Lipinski definition) is 1. The smallest absolute Gasteiger partial charge is 0.317 e. The predicted molar refractivity (Wildman–Crippen MR) is 121 cm³/mol. The van der Waals surface area contributed by atoms with Gasteiger partial charge in [-0.15, -0.1) is 11.3 Å². The van der Waals surface area contributed by atoms with Crippen LogP contribution >= 0.6 is 11.3 Å². The highest BCUT2D eigenvalue weighted by molar-refractivity contribution is 7.13. The van der Waals surface area contributed by atoms with Crippen molar-refractivity contribution in [2.75, 3.05) is 20.3 Å². The van der Waals surface area contributed by atoms with Crippen molar-refractivity contribution in [3.8, 4) is 10.6 Å². The molecule has 1 atom stereocenters. The van der Waals surface area contributed by atoms with Gasteiger partial charge in [0.2, 0.25) is 0 Å². The monoisotopic (exact) mass is 413 g/mol. The van der Waals surface area contributed by atoms with Crippen LogP contribution in [0.15, 0.2) is 41.8 Å². The number of nitrogens with one attached hydrogen (secondary N) is 1. The number of ether oxygens (including phenoxy) is 1. The number of amides is 2. The molecule has 3 aromatic rings. The summed E-state index contributed by atoms with van der Waals surface area (Å²) < 4.78 is 7.64. The predicted octanol–water partition coefficient (Wildman–Crippen LogP) is 5.35. The molecule has 6 heteroatoms. The van der Waals surface area contributed by atoms with Gasteiger partial charge in [-0.25, -0.2) is 4.79 Å². The van der Waals surface area contributed by atoms with Gasteiger partial charge in [0.1, 0.15) is 0 Å². The minimum Gasteiger partial charge on any atom is -0.383 e. The van der Waals surface area contributed by atoms with E-state index < -0.39 is 0 Å². The lowest BCUT2D eigenvalue weighted by Crippen LogP contribution is -2.44. The Morgan fingerprint density at radius 3 is 2.69 bits per heavy atom. The first-order valence-corrected chi connectivity index (χ1v) is 11.2. The van der Waals surface area contributed by atoms with Crippen LogP contribution in [0, 0.1) is 0 Å². The number of thiophene rings is 1. The second-order valence-electron chi connectivity index (χ2n) is 7.24. The summed E-state index contributed by atoms with van der Waals surface area (Å²) in [5, 5.41) is 6.42. The number of aromatic nitrogens is 1. The zero-order valence-electron chi connectivity index (χ0n) is 17.8. The van der Waals surface area contributed by atoms with Crippen LogP contribution in [0.2, 0.25) is 0 Å². The number of carbonyl (C=O) groups is 1. The summed E-state index contributed by atoms with van der Waals surface area (Å²) in [4.78, 5) is 16.1. The summed E-state index contributed by atoms with van der Waals surface area (Å²) in [6.45, 7) is 8.77. The highest BCUT2D eigenvalue weighted by atomic mass is 32.1. The van der Waals surface area contributed by atoms with Crippen LogP contribution in [-0.4, -0.2) is 41.8 Å². The van der Waals surface area contributed by atoms with E-state index in [0.717, 1.165) is 13.0 Å². The topological polar surface area (TPSA) is 46.5 Å². The molecule has 0 fully saturated rings. The molecule has 2 amide bonds. The Labute approximate surface area is 177 Å². The van der Waals surface area contributed by atoms with Gasteiger partial charge >= 0.3 is 6.03 Å². The third kappa shape index (κ3) is 4.65. The maximum atomic E-state index is 13.0. The summed E-state index contributed by atoms with van der Waals surface area (Å²) >= 11 is 1.74. The minimum absolute atomic E-state index is 0.0399. The number of urea groups is 1. The number of methoxy groups -OCH3 is 1. The first-order valence-electron chi connectivity index (χ1n) is 10.3. The largest absolute Gasteiger partial charge is 0.383 e. The Bertz CT molecular complexity index is 933. The molecule has 2 aromatic heterocycles. The molecule has 0 radical (unpaired) electrons. The van der Waals surface area contributed by atoms with Gasteiger partial charge in [0, 0.05) is 42.7 Å². The maximum absolute atomic E-state index is 13.0. The third-order valence-electron chi connectivity index (χ3n) is 5.33. The molecule has 1 aromatic carbocycles. The second-order valence-corrected chi connectivity index (χ2v) is 8.19. The number of benzene rings is 1. The van der Waals surface area contributed by atoms with Crippen molar-refractivity contribution in [2.24, 2.45) is 0 Å². The van der Waals surface area contributed by atoms with E-state index in [0.29, 0.717) is 19.7 Å². The number of nitrogens with zero attached hydrogens (tertiary/aromatic N) is 2. The maximum Gasteiger partial charge on any atom is 0.317 e. The molecule has 0 unspecified atom stereocenters. The molecular formula is C23H31N3O2S. The van der Waals surface area contributed by atoms with E-state index in [1.807, 2.05) is 11.8 Å². The summed E-state index contributed by atoms with van der Waals surface area (Å²) in [5.74, 6) is 0. The molecule has 0 aliphatic heterocycles. The van der Waals surface area contributed by atoms with E-state index in [2.05, 4.69) is 65.5 Å². The lowest BCUT2D eigenvalue weighted by Gasteiger charge is -2.25. The van der Waals surface area contributed by atoms with Crippen LogP contribution in [0.3, 0.4) is 0 Å². The van der Waals surface area contributed by atoms with Crippen molar-refractivity contribution in [1.82, 2.24) is 14.8 Å². The standard InChI is InChI=1S/C23H31N3O2S/c1-5-17(3)24-23(27)25(13-14-28-4)16-19-18-10-7-8-11-20(18)26(6-2)22(19)21-12-9-15-29-21/h7-12,15,17H,5-6,13-14,16H2,1-4H3,(H,24,27)/t17-/m1/s1. The molecule has 3 rings (SSSR count). The van der Waals surface area contributed by atoms with Crippen molar-refractivity contribution < 1.29 is 9.53 Å². The molecule has 156 valence electrons. The summed E-state index contributed by atoms with van der Waals surface area (Å²) in [5.41, 5.74) is 3.62. The molecule has 0 saturated carbocycles. The quantitative estimate of drug-likeness (QED) is 0.514. The first kappa shape index (κ1) is 21.4. The summed E-state index contributed by atoms with van der Waals surface area (Å²) in [6, 6.07) is 12.8. The fraction of sp³-hybridized carbons (Fsp3) is 0.435. The fourth-order valence-corrected chi connectivity index (χ4v) is 4.41. The van der Waals surface area contributed by atoms with Crippen molar-refractivity contribution >= 4 is 28.3 Å². The normalized spacial score (nSPS) is 12.3. The average Bonchev–Trinajstić information content (AvgIpc) is 3.36. The number of para-hydroxylation sites is 1. The van der Waals surface area contributed by atoms with E-state index in [4.69, 9.17) is 4.74 Å². The Hall–Kier alpha value is -2.31. The number of hydrogen-bond acceptors (Lipinski definition) is 3. The number of rotatable bonds is 9. The molecule has 29 heavy (non-hydrogen) atoms. The van der Waals surface area contributed by atoms with Crippen molar-refractivity contribution in [2.45, 2.75) is 46.3 Å². The molecule has 5 nitrogen and oxygen atoms in total. The van der Waals surface area contributed by atoms with Crippen LogP contribution in [0.1, 0.15) is 32.8 Å². The van der Waals surface area contributed by atoms with E-state index >= 15 is 0 Å². The zero-order chi connectivity index (χ0) is 20.8. The van der Waals surface area contributed by atoms with Crippen molar-refractivity contribution in [3.63, 3.8) is 0 Å². The van der Waals surface area contributed by atoms with E-state index in [-0.39, 0.29) is 12.1 Å². The first-order chi connectivity index (χ1) is 14.1. The van der Waals surface area contributed by atoms with Crippen LogP contribution in [-0.2, 0) is 17.8 Å². The van der Waals surface area contributed by atoms with Gasteiger partial charge in [-0.3, -0.25) is 0 Å². The van der Waals surface area contributed by atoms with Gasteiger partial charge in [0.05, 0.1) is 23.7 Å². The van der Waals surface area contributed by atoms with Gasteiger partial charge in [0.25, 0.3) is 0 Å². The molecule has 0 spiro atoms.